The van der Waals surface area contributed by atoms with Crippen LogP contribution in [0.5, 0.6) is 0 Å². The third-order valence-electron chi connectivity index (χ3n) is 1.36. The summed E-state index contributed by atoms with van der Waals surface area (Å²) in [7, 11) is 0. The van der Waals surface area contributed by atoms with E-state index in [1.165, 1.54) is 0 Å². The van der Waals surface area contributed by atoms with Crippen molar-refractivity contribution in [1.29, 1.82) is 0 Å². The molecule has 10 heavy (non-hydrogen) atoms. The maximum atomic E-state index is 5.57. The molecule has 0 radical (unpaired) electrons. The second-order valence-electron chi connectivity index (χ2n) is 2.10. The second-order valence-corrected chi connectivity index (χ2v) is 2.29. The zero-order valence-electron chi connectivity index (χ0n) is 5.66. The van der Waals surface area contributed by atoms with E-state index in [2.05, 4.69) is 16.8 Å². The number of nitrogen functional groups attached to an aromatic ring is 1. The molecule has 3 heteroatoms. The van der Waals surface area contributed by atoms with Crippen molar-refractivity contribution in [2.75, 3.05) is 5.73 Å². The molecule has 1 rings (SSSR count). The Bertz CT molecular complexity index is 238. The molecule has 0 aromatic heterocycles. The molecule has 1 aromatic rings. The highest BCUT2D eigenvalue weighted by atomic mass is 32.1. The van der Waals surface area contributed by atoms with Gasteiger partial charge in [0.1, 0.15) is 5.69 Å². The van der Waals surface area contributed by atoms with Crippen LogP contribution in [0.1, 0.15) is 5.56 Å². The molecule has 0 fully saturated rings. The first kappa shape index (κ1) is 7.15. The maximum Gasteiger partial charge on any atom is 0.103 e. The van der Waals surface area contributed by atoms with Gasteiger partial charge in [-0.2, -0.15) is 4.36 Å². The Morgan fingerprint density at radius 3 is 2.60 bits per heavy atom. The summed E-state index contributed by atoms with van der Waals surface area (Å²) in [6.45, 7) is 1.93. The van der Waals surface area contributed by atoms with E-state index in [0.717, 1.165) is 11.3 Å². The lowest BCUT2D eigenvalue weighted by atomic mass is 10.2. The Kier molecular flexibility index (Phi) is 1.97. The molecular formula is C7H8N2S. The normalized spacial score (nSPS) is 9.30. The third kappa shape index (κ3) is 1.14. The average Bonchev–Trinajstić information content (AvgIpc) is 1.88. The van der Waals surface area contributed by atoms with E-state index in [4.69, 9.17) is 5.73 Å². The van der Waals surface area contributed by atoms with Gasteiger partial charge in [0.15, 0.2) is 0 Å². The minimum Gasteiger partial charge on any atom is -0.397 e. The van der Waals surface area contributed by atoms with Gasteiger partial charge in [0.05, 0.1) is 5.69 Å². The van der Waals surface area contributed by atoms with Crippen molar-refractivity contribution in [3.63, 3.8) is 0 Å². The first-order valence-corrected chi connectivity index (χ1v) is 3.30. The van der Waals surface area contributed by atoms with Gasteiger partial charge in [-0.25, -0.2) is 0 Å². The van der Waals surface area contributed by atoms with Gasteiger partial charge in [-0.05, 0) is 18.6 Å². The van der Waals surface area contributed by atoms with Gasteiger partial charge in [0.25, 0.3) is 0 Å². The largest absolute Gasteiger partial charge is 0.397 e. The molecule has 1 aromatic carbocycles. The van der Waals surface area contributed by atoms with Crippen LogP contribution in [-0.4, -0.2) is 0 Å². The van der Waals surface area contributed by atoms with Crippen LogP contribution in [0.4, 0.5) is 11.4 Å². The Morgan fingerprint density at radius 2 is 2.20 bits per heavy atom. The van der Waals surface area contributed by atoms with Crippen LogP contribution in [0.2, 0.25) is 0 Å². The molecule has 2 N–H and O–H groups in total. The van der Waals surface area contributed by atoms with E-state index in [1.54, 1.807) is 6.07 Å². The van der Waals surface area contributed by atoms with Crippen molar-refractivity contribution in [3.8, 4) is 0 Å². The molecule has 0 aliphatic carbocycles. The minimum atomic E-state index is 0.648. The SMILES string of the molecule is Cc1cccc(N)c1N=S. The minimum absolute atomic E-state index is 0.648. The lowest BCUT2D eigenvalue weighted by molar-refractivity contribution is 1.42. The van der Waals surface area contributed by atoms with Gasteiger partial charge in [0.2, 0.25) is 0 Å². The fraction of sp³-hybridized carbons (Fsp3) is 0.143. The Morgan fingerprint density at radius 1 is 1.50 bits per heavy atom. The molecule has 0 spiro atoms. The number of rotatable bonds is 1. The highest BCUT2D eigenvalue weighted by molar-refractivity contribution is 7.47. The molecule has 0 bridgehead atoms. The summed E-state index contributed by atoms with van der Waals surface area (Å²) in [5, 5.41) is 0. The van der Waals surface area contributed by atoms with E-state index in [1.807, 2.05) is 19.1 Å². The fourth-order valence-electron chi connectivity index (χ4n) is 0.806. The van der Waals surface area contributed by atoms with Crippen LogP contribution in [0.3, 0.4) is 0 Å². The summed E-state index contributed by atoms with van der Waals surface area (Å²) >= 11 is 4.54. The average molecular weight is 152 g/mol. The number of nitrogens with two attached hydrogens (primary N) is 1. The summed E-state index contributed by atoms with van der Waals surface area (Å²) in [6, 6.07) is 5.61. The molecule has 0 aliphatic rings. The Labute approximate surface area is 65.2 Å². The lowest BCUT2D eigenvalue weighted by Crippen LogP contribution is -1.85. The van der Waals surface area contributed by atoms with Crippen molar-refractivity contribution >= 4 is 23.8 Å². The van der Waals surface area contributed by atoms with Crippen LogP contribution in [0, 0.1) is 6.92 Å². The zero-order chi connectivity index (χ0) is 7.56. The molecule has 0 saturated carbocycles. The zero-order valence-corrected chi connectivity index (χ0v) is 6.48. The van der Waals surface area contributed by atoms with Crippen LogP contribution in [0.15, 0.2) is 22.6 Å². The molecule has 0 unspecified atom stereocenters. The van der Waals surface area contributed by atoms with Gasteiger partial charge in [0, 0.05) is 12.4 Å². The van der Waals surface area contributed by atoms with E-state index >= 15 is 0 Å². The number of hydrogen-bond donors (Lipinski definition) is 1. The van der Waals surface area contributed by atoms with Crippen LogP contribution in [-0.2, 0) is 12.4 Å². The van der Waals surface area contributed by atoms with Gasteiger partial charge in [-0.3, -0.25) is 0 Å². The van der Waals surface area contributed by atoms with Crippen LogP contribution in [0.25, 0.3) is 0 Å². The van der Waals surface area contributed by atoms with Crippen molar-refractivity contribution < 1.29 is 0 Å². The van der Waals surface area contributed by atoms with E-state index in [0.29, 0.717) is 5.69 Å². The summed E-state index contributed by atoms with van der Waals surface area (Å²) in [4.78, 5) is 0. The van der Waals surface area contributed by atoms with E-state index in [9.17, 15) is 0 Å². The number of nitrogens with zero attached hydrogens (tertiary/aromatic N) is 1. The van der Waals surface area contributed by atoms with Crippen molar-refractivity contribution in [2.45, 2.75) is 6.92 Å². The molecule has 0 amide bonds. The van der Waals surface area contributed by atoms with Crippen LogP contribution >= 0.6 is 0 Å². The van der Waals surface area contributed by atoms with Gasteiger partial charge in [-0.1, -0.05) is 12.1 Å². The van der Waals surface area contributed by atoms with Gasteiger partial charge in [-0.15, -0.1) is 0 Å². The number of benzene rings is 1. The van der Waals surface area contributed by atoms with Gasteiger partial charge < -0.3 is 5.73 Å². The van der Waals surface area contributed by atoms with Crippen molar-refractivity contribution in [2.24, 2.45) is 4.36 Å². The highest BCUT2D eigenvalue weighted by Gasteiger charge is 1.97. The molecule has 0 heterocycles. The second kappa shape index (κ2) is 2.75. The summed E-state index contributed by atoms with van der Waals surface area (Å²) in [6.07, 6.45) is 0. The predicted molar refractivity (Wildman–Crippen MR) is 45.0 cm³/mol. The first-order chi connectivity index (χ1) is 4.75. The first-order valence-electron chi connectivity index (χ1n) is 2.94. The molecule has 2 nitrogen and oxygen atoms in total. The Balaban J connectivity index is 3.30. The molecule has 0 atom stereocenters. The number of aryl methyl sites for hydroxylation is 1. The summed E-state index contributed by atoms with van der Waals surface area (Å²) in [5.74, 6) is 0. The van der Waals surface area contributed by atoms with Crippen molar-refractivity contribution in [1.82, 2.24) is 0 Å². The molecule has 52 valence electrons. The van der Waals surface area contributed by atoms with E-state index in [-0.39, 0.29) is 0 Å². The standard InChI is InChI=1S/C7H8N2S/c1-5-3-2-4-6(8)7(5)9-10/h2-4H,8H2,1H3. The fourth-order valence-corrected chi connectivity index (χ4v) is 1.06. The molecule has 0 aliphatic heterocycles. The van der Waals surface area contributed by atoms with Crippen LogP contribution < -0.4 is 5.73 Å². The third-order valence-corrected chi connectivity index (χ3v) is 1.54. The number of anilines is 1. The van der Waals surface area contributed by atoms with Gasteiger partial charge >= 0.3 is 0 Å². The van der Waals surface area contributed by atoms with E-state index < -0.39 is 0 Å². The predicted octanol–water partition coefficient (Wildman–Crippen LogP) is 1.94. The highest BCUT2D eigenvalue weighted by Crippen LogP contribution is 2.24. The summed E-state index contributed by atoms with van der Waals surface area (Å²) in [5.41, 5.74) is 7.96. The number of hydrogen-bond acceptors (Lipinski definition) is 3. The quantitative estimate of drug-likeness (QED) is 0.624. The monoisotopic (exact) mass is 152 g/mol. The van der Waals surface area contributed by atoms with Crippen molar-refractivity contribution in [3.05, 3.63) is 23.8 Å². The topological polar surface area (TPSA) is 38.4 Å². The molecular weight excluding hydrogens is 144 g/mol. The maximum absolute atomic E-state index is 5.57. The Hall–Kier alpha value is -0.960. The molecule has 0 saturated heterocycles. The lowest BCUT2D eigenvalue weighted by Gasteiger charge is -1.99. The summed E-state index contributed by atoms with van der Waals surface area (Å²) < 4.78 is 3.63. The smallest absolute Gasteiger partial charge is 0.103 e.